The summed E-state index contributed by atoms with van der Waals surface area (Å²) in [4.78, 5) is 14.7. The Morgan fingerprint density at radius 3 is 2.96 bits per heavy atom. The van der Waals surface area contributed by atoms with Crippen molar-refractivity contribution in [3.05, 3.63) is 64.4 Å². The topological polar surface area (TPSA) is 41.6 Å². The van der Waals surface area contributed by atoms with Crippen molar-refractivity contribution < 1.29 is 13.9 Å². The van der Waals surface area contributed by atoms with E-state index in [4.69, 9.17) is 16.3 Å². The molecule has 1 aliphatic heterocycles. The van der Waals surface area contributed by atoms with Gasteiger partial charge in [-0.2, -0.15) is 0 Å². The molecule has 1 heterocycles. The lowest BCUT2D eigenvalue weighted by molar-refractivity contribution is -0.133. The molecule has 1 fully saturated rings. The number of nitrogens with one attached hydrogen (secondary N) is 1. The Morgan fingerprint density at radius 1 is 1.36 bits per heavy atom. The van der Waals surface area contributed by atoms with Crippen LogP contribution in [0.25, 0.3) is 0 Å². The van der Waals surface area contributed by atoms with Crippen LogP contribution in [0.2, 0.25) is 5.02 Å². The number of halogens is 2. The Hall–Kier alpha value is -2.11. The van der Waals surface area contributed by atoms with Crippen molar-refractivity contribution >= 4 is 17.5 Å². The normalized spacial score (nSPS) is 17.4. The number of nitrogens with zero attached hydrogens (tertiary/aromatic N) is 1. The fourth-order valence-corrected chi connectivity index (χ4v) is 3.36. The second kappa shape index (κ2) is 7.85. The van der Waals surface area contributed by atoms with Gasteiger partial charge in [0.2, 0.25) is 5.91 Å². The minimum Gasteiger partial charge on any atom is -0.496 e. The first-order chi connectivity index (χ1) is 12.1. The minimum atomic E-state index is -0.299. The molecule has 1 amide bonds. The summed E-state index contributed by atoms with van der Waals surface area (Å²) in [5.74, 6) is 0.304. The van der Waals surface area contributed by atoms with Gasteiger partial charge < -0.3 is 15.0 Å². The van der Waals surface area contributed by atoms with E-state index in [1.165, 1.54) is 12.1 Å². The van der Waals surface area contributed by atoms with Crippen LogP contribution in [0.5, 0.6) is 5.75 Å². The van der Waals surface area contributed by atoms with Gasteiger partial charge in [0, 0.05) is 30.2 Å². The summed E-state index contributed by atoms with van der Waals surface area (Å²) in [7, 11) is 1.57. The molecule has 1 saturated heterocycles. The van der Waals surface area contributed by atoms with Crippen LogP contribution in [-0.4, -0.2) is 37.6 Å². The Balaban J connectivity index is 1.83. The Labute approximate surface area is 151 Å². The van der Waals surface area contributed by atoms with Gasteiger partial charge in [0.25, 0.3) is 0 Å². The highest BCUT2D eigenvalue weighted by atomic mass is 35.5. The smallest absolute Gasteiger partial charge is 0.227 e. The number of ether oxygens (including phenoxy) is 1. The van der Waals surface area contributed by atoms with Crippen LogP contribution in [0.1, 0.15) is 17.2 Å². The number of carbonyl (C=O) groups excluding carboxylic acids is 1. The summed E-state index contributed by atoms with van der Waals surface area (Å²) in [6.45, 7) is 1.88. The lowest BCUT2D eigenvalue weighted by Crippen LogP contribution is -2.49. The summed E-state index contributed by atoms with van der Waals surface area (Å²) in [5, 5.41) is 3.83. The van der Waals surface area contributed by atoms with E-state index in [1.54, 1.807) is 36.3 Å². The molecule has 1 unspecified atom stereocenters. The number of hydrogen-bond donors (Lipinski definition) is 1. The van der Waals surface area contributed by atoms with Crippen molar-refractivity contribution in [2.24, 2.45) is 0 Å². The number of carbonyl (C=O) groups is 1. The SMILES string of the molecule is COc1ccc(Cl)cc1CC(=O)N1CCNCC1c1cccc(F)c1. The highest BCUT2D eigenvalue weighted by Crippen LogP contribution is 2.27. The highest BCUT2D eigenvalue weighted by molar-refractivity contribution is 6.30. The summed E-state index contributed by atoms with van der Waals surface area (Å²) >= 11 is 6.05. The van der Waals surface area contributed by atoms with Crippen LogP contribution in [0.3, 0.4) is 0 Å². The fraction of sp³-hybridized carbons (Fsp3) is 0.316. The maximum atomic E-state index is 13.6. The van der Waals surface area contributed by atoms with Gasteiger partial charge in [-0.3, -0.25) is 4.79 Å². The maximum Gasteiger partial charge on any atom is 0.227 e. The third-order valence-electron chi connectivity index (χ3n) is 4.38. The van der Waals surface area contributed by atoms with Crippen LogP contribution >= 0.6 is 11.6 Å². The van der Waals surface area contributed by atoms with Gasteiger partial charge >= 0.3 is 0 Å². The van der Waals surface area contributed by atoms with Crippen molar-refractivity contribution in [3.8, 4) is 5.75 Å². The molecule has 4 nitrogen and oxygen atoms in total. The number of rotatable bonds is 4. The van der Waals surface area contributed by atoms with Gasteiger partial charge in [0.05, 0.1) is 19.6 Å². The standard InChI is InChI=1S/C19H20ClFN2O2/c1-25-18-6-5-15(20)9-14(18)11-19(24)23-8-7-22-12-17(23)13-3-2-4-16(21)10-13/h2-6,9-10,17,22H,7-8,11-12H2,1H3. The monoisotopic (exact) mass is 362 g/mol. The summed E-state index contributed by atoms with van der Waals surface area (Å²) in [5.41, 5.74) is 1.54. The van der Waals surface area contributed by atoms with E-state index in [0.29, 0.717) is 30.4 Å². The summed E-state index contributed by atoms with van der Waals surface area (Å²) in [6.07, 6.45) is 0.190. The minimum absolute atomic E-state index is 0.0312. The molecule has 132 valence electrons. The summed E-state index contributed by atoms with van der Waals surface area (Å²) in [6, 6.07) is 11.4. The van der Waals surface area contributed by atoms with Crippen LogP contribution < -0.4 is 10.1 Å². The van der Waals surface area contributed by atoms with Gasteiger partial charge in [-0.05, 0) is 35.9 Å². The quantitative estimate of drug-likeness (QED) is 0.908. The van der Waals surface area contributed by atoms with Crippen LogP contribution in [0, 0.1) is 5.82 Å². The maximum absolute atomic E-state index is 13.6. The Morgan fingerprint density at radius 2 is 2.20 bits per heavy atom. The molecule has 2 aromatic carbocycles. The number of piperazine rings is 1. The van der Waals surface area contributed by atoms with Crippen LogP contribution in [0.15, 0.2) is 42.5 Å². The Bertz CT molecular complexity index is 769. The molecule has 0 saturated carbocycles. The molecule has 2 aromatic rings. The lowest BCUT2D eigenvalue weighted by atomic mass is 10.0. The van der Waals surface area contributed by atoms with Crippen LogP contribution in [-0.2, 0) is 11.2 Å². The largest absolute Gasteiger partial charge is 0.496 e. The van der Waals surface area contributed by atoms with Gasteiger partial charge in [0.15, 0.2) is 0 Å². The molecule has 0 spiro atoms. The number of benzene rings is 2. The van der Waals surface area contributed by atoms with E-state index in [2.05, 4.69) is 5.32 Å². The predicted molar refractivity (Wildman–Crippen MR) is 95.4 cm³/mol. The molecular formula is C19H20ClFN2O2. The van der Waals surface area contributed by atoms with E-state index in [-0.39, 0.29) is 24.2 Å². The van der Waals surface area contributed by atoms with E-state index < -0.39 is 0 Å². The van der Waals surface area contributed by atoms with Gasteiger partial charge in [-0.15, -0.1) is 0 Å². The first-order valence-corrected chi connectivity index (χ1v) is 8.54. The fourth-order valence-electron chi connectivity index (χ4n) is 3.16. The van der Waals surface area contributed by atoms with E-state index >= 15 is 0 Å². The molecule has 25 heavy (non-hydrogen) atoms. The highest BCUT2D eigenvalue weighted by Gasteiger charge is 2.28. The molecule has 1 atom stereocenters. The molecule has 0 aliphatic carbocycles. The van der Waals surface area contributed by atoms with E-state index in [1.807, 2.05) is 6.07 Å². The second-order valence-corrected chi connectivity index (χ2v) is 6.43. The molecule has 3 rings (SSSR count). The molecule has 6 heteroatoms. The van der Waals surface area contributed by atoms with Gasteiger partial charge in [-0.1, -0.05) is 23.7 Å². The van der Waals surface area contributed by atoms with Crippen molar-refractivity contribution in [3.63, 3.8) is 0 Å². The van der Waals surface area contributed by atoms with Crippen molar-refractivity contribution in [1.82, 2.24) is 10.2 Å². The predicted octanol–water partition coefficient (Wildman–Crippen LogP) is 3.20. The van der Waals surface area contributed by atoms with Crippen molar-refractivity contribution in [2.75, 3.05) is 26.7 Å². The molecule has 0 bridgehead atoms. The zero-order chi connectivity index (χ0) is 17.8. The zero-order valence-corrected chi connectivity index (χ0v) is 14.7. The van der Waals surface area contributed by atoms with Gasteiger partial charge in [-0.25, -0.2) is 4.39 Å². The first kappa shape index (κ1) is 17.7. The van der Waals surface area contributed by atoms with Crippen molar-refractivity contribution in [2.45, 2.75) is 12.5 Å². The van der Waals surface area contributed by atoms with Gasteiger partial charge in [0.1, 0.15) is 11.6 Å². The third-order valence-corrected chi connectivity index (χ3v) is 4.62. The molecular weight excluding hydrogens is 343 g/mol. The number of hydrogen-bond acceptors (Lipinski definition) is 3. The molecule has 0 radical (unpaired) electrons. The summed E-state index contributed by atoms with van der Waals surface area (Å²) < 4.78 is 18.9. The van der Waals surface area contributed by atoms with Crippen LogP contribution in [0.4, 0.5) is 4.39 Å². The van der Waals surface area contributed by atoms with Crippen molar-refractivity contribution in [1.29, 1.82) is 0 Å². The lowest BCUT2D eigenvalue weighted by Gasteiger charge is -2.36. The molecule has 1 N–H and O–H groups in total. The van der Waals surface area contributed by atoms with E-state index in [9.17, 15) is 9.18 Å². The Kier molecular flexibility index (Phi) is 5.56. The second-order valence-electron chi connectivity index (χ2n) is 6.00. The average molecular weight is 363 g/mol. The first-order valence-electron chi connectivity index (χ1n) is 8.16. The average Bonchev–Trinajstić information content (AvgIpc) is 2.62. The molecule has 1 aliphatic rings. The number of amides is 1. The zero-order valence-electron chi connectivity index (χ0n) is 14.0. The third kappa shape index (κ3) is 4.11. The van der Waals surface area contributed by atoms with E-state index in [0.717, 1.165) is 11.1 Å². The molecule has 0 aromatic heterocycles. The number of methoxy groups -OCH3 is 1.